The summed E-state index contributed by atoms with van der Waals surface area (Å²) in [7, 11) is 0. The molecule has 0 aliphatic carbocycles. The lowest BCUT2D eigenvalue weighted by atomic mass is 10.1. The maximum absolute atomic E-state index is 11.7. The molecular weight excluding hydrogens is 198 g/mol. The smallest absolute Gasteiger partial charge is 0.215 e. The summed E-state index contributed by atoms with van der Waals surface area (Å²) in [6, 6.07) is 3.54. The van der Waals surface area contributed by atoms with Gasteiger partial charge in [0.15, 0.2) is 0 Å². The number of pyridine rings is 1. The fraction of sp³-hybridized carbons (Fsp3) is 0.111. The van der Waals surface area contributed by atoms with Crippen LogP contribution in [0.4, 0.5) is 0 Å². The Morgan fingerprint density at radius 3 is 2.86 bits per heavy atom. The SMILES string of the molecule is Cc1ccc(C(=O)c2csnn2)cn1. The number of nitrogens with zero attached hydrogens (tertiary/aromatic N) is 3. The molecule has 2 rings (SSSR count). The highest BCUT2D eigenvalue weighted by atomic mass is 32.1. The predicted octanol–water partition coefficient (Wildman–Crippen LogP) is 1.47. The highest BCUT2D eigenvalue weighted by Gasteiger charge is 2.11. The molecule has 2 heterocycles. The molecule has 0 fully saturated rings. The monoisotopic (exact) mass is 205 g/mol. The maximum atomic E-state index is 11.7. The van der Waals surface area contributed by atoms with Gasteiger partial charge in [-0.1, -0.05) is 4.49 Å². The van der Waals surface area contributed by atoms with Crippen LogP contribution < -0.4 is 0 Å². The molecule has 0 radical (unpaired) electrons. The van der Waals surface area contributed by atoms with Gasteiger partial charge in [-0.2, -0.15) is 0 Å². The minimum absolute atomic E-state index is 0.133. The minimum atomic E-state index is -0.133. The highest BCUT2D eigenvalue weighted by molar-refractivity contribution is 7.03. The average molecular weight is 205 g/mol. The second-order valence-electron chi connectivity index (χ2n) is 2.81. The van der Waals surface area contributed by atoms with E-state index in [-0.39, 0.29) is 5.78 Å². The van der Waals surface area contributed by atoms with E-state index in [4.69, 9.17) is 0 Å². The molecule has 0 aliphatic rings. The predicted molar refractivity (Wildman–Crippen MR) is 52.3 cm³/mol. The van der Waals surface area contributed by atoms with Gasteiger partial charge in [0.05, 0.1) is 0 Å². The Bertz CT molecular complexity index is 436. The van der Waals surface area contributed by atoms with Crippen molar-refractivity contribution in [2.45, 2.75) is 6.92 Å². The van der Waals surface area contributed by atoms with E-state index in [9.17, 15) is 4.79 Å². The molecular formula is C9H7N3OS. The van der Waals surface area contributed by atoms with E-state index in [1.165, 1.54) is 0 Å². The number of carbonyl (C=O) groups is 1. The number of aryl methyl sites for hydroxylation is 1. The molecule has 0 aromatic carbocycles. The lowest BCUT2D eigenvalue weighted by Crippen LogP contribution is -2.02. The zero-order chi connectivity index (χ0) is 9.97. The van der Waals surface area contributed by atoms with E-state index < -0.39 is 0 Å². The minimum Gasteiger partial charge on any atom is -0.287 e. The van der Waals surface area contributed by atoms with Crippen molar-refractivity contribution in [3.63, 3.8) is 0 Å². The van der Waals surface area contributed by atoms with Gasteiger partial charge in [0.1, 0.15) is 5.69 Å². The van der Waals surface area contributed by atoms with Crippen LogP contribution in [0.5, 0.6) is 0 Å². The molecule has 0 bridgehead atoms. The molecule has 0 spiro atoms. The zero-order valence-electron chi connectivity index (χ0n) is 7.47. The number of aromatic nitrogens is 3. The molecule has 0 amide bonds. The molecule has 5 heteroatoms. The van der Waals surface area contributed by atoms with Crippen molar-refractivity contribution in [2.75, 3.05) is 0 Å². The van der Waals surface area contributed by atoms with Crippen LogP contribution in [0.1, 0.15) is 21.7 Å². The first-order valence-corrected chi connectivity index (χ1v) is 4.85. The van der Waals surface area contributed by atoms with Crippen LogP contribution in [0.15, 0.2) is 23.7 Å². The van der Waals surface area contributed by atoms with Gasteiger partial charge in [0.25, 0.3) is 0 Å². The summed E-state index contributed by atoms with van der Waals surface area (Å²) in [5.74, 6) is -0.133. The van der Waals surface area contributed by atoms with Crippen LogP contribution in [0.3, 0.4) is 0 Å². The molecule has 0 aliphatic heterocycles. The summed E-state index contributed by atoms with van der Waals surface area (Å²) in [6.07, 6.45) is 1.55. The van der Waals surface area contributed by atoms with E-state index in [1.54, 1.807) is 23.7 Å². The first kappa shape index (κ1) is 8.96. The fourth-order valence-corrected chi connectivity index (χ4v) is 1.45. The molecule has 2 aromatic rings. The van der Waals surface area contributed by atoms with E-state index >= 15 is 0 Å². The number of rotatable bonds is 2. The van der Waals surface area contributed by atoms with Crippen molar-refractivity contribution in [2.24, 2.45) is 0 Å². The number of hydrogen-bond donors (Lipinski definition) is 0. The Morgan fingerprint density at radius 1 is 1.43 bits per heavy atom. The average Bonchev–Trinajstić information content (AvgIpc) is 2.71. The van der Waals surface area contributed by atoms with Crippen molar-refractivity contribution in [3.8, 4) is 0 Å². The van der Waals surface area contributed by atoms with Gasteiger partial charge >= 0.3 is 0 Å². The molecule has 0 N–H and O–H groups in total. The van der Waals surface area contributed by atoms with E-state index in [0.717, 1.165) is 17.2 Å². The molecule has 2 aromatic heterocycles. The number of hydrogen-bond acceptors (Lipinski definition) is 5. The van der Waals surface area contributed by atoms with Gasteiger partial charge in [-0.15, -0.1) is 5.10 Å². The third-order valence-corrected chi connectivity index (χ3v) is 2.27. The van der Waals surface area contributed by atoms with Gasteiger partial charge in [0.2, 0.25) is 5.78 Å². The van der Waals surface area contributed by atoms with Gasteiger partial charge in [-0.3, -0.25) is 9.78 Å². The first-order chi connectivity index (χ1) is 6.77. The maximum Gasteiger partial charge on any atom is 0.215 e. The Morgan fingerprint density at radius 2 is 2.29 bits per heavy atom. The van der Waals surface area contributed by atoms with Crippen molar-refractivity contribution >= 4 is 17.3 Å². The van der Waals surface area contributed by atoms with E-state index in [1.807, 2.05) is 6.92 Å². The van der Waals surface area contributed by atoms with Crippen LogP contribution in [-0.4, -0.2) is 20.4 Å². The van der Waals surface area contributed by atoms with Crippen molar-refractivity contribution < 1.29 is 4.79 Å². The lowest BCUT2D eigenvalue weighted by molar-refractivity contribution is 0.103. The van der Waals surface area contributed by atoms with Crippen molar-refractivity contribution in [1.82, 2.24) is 14.6 Å². The van der Waals surface area contributed by atoms with E-state index in [0.29, 0.717) is 11.3 Å². The van der Waals surface area contributed by atoms with Crippen molar-refractivity contribution in [3.05, 3.63) is 40.7 Å². The molecule has 70 valence electrons. The van der Waals surface area contributed by atoms with Crippen LogP contribution in [0.25, 0.3) is 0 Å². The number of ketones is 1. The molecule has 0 saturated carbocycles. The highest BCUT2D eigenvalue weighted by Crippen LogP contribution is 2.07. The Hall–Kier alpha value is -1.62. The normalized spacial score (nSPS) is 10.1. The lowest BCUT2D eigenvalue weighted by Gasteiger charge is -1.96. The molecule has 14 heavy (non-hydrogen) atoms. The summed E-state index contributed by atoms with van der Waals surface area (Å²) < 4.78 is 3.64. The summed E-state index contributed by atoms with van der Waals surface area (Å²) >= 11 is 1.16. The summed E-state index contributed by atoms with van der Waals surface area (Å²) in [5, 5.41) is 5.33. The molecule has 0 atom stereocenters. The molecule has 4 nitrogen and oxygen atoms in total. The summed E-state index contributed by atoms with van der Waals surface area (Å²) in [5.41, 5.74) is 1.81. The third-order valence-electron chi connectivity index (χ3n) is 1.77. The van der Waals surface area contributed by atoms with Crippen molar-refractivity contribution in [1.29, 1.82) is 0 Å². The van der Waals surface area contributed by atoms with Crippen LogP contribution in [-0.2, 0) is 0 Å². The largest absolute Gasteiger partial charge is 0.287 e. The molecule has 0 unspecified atom stereocenters. The van der Waals surface area contributed by atoms with E-state index in [2.05, 4.69) is 14.6 Å². The topological polar surface area (TPSA) is 55.7 Å². The van der Waals surface area contributed by atoms with Gasteiger partial charge < -0.3 is 0 Å². The quantitative estimate of drug-likeness (QED) is 0.697. The Labute approximate surface area is 84.8 Å². The van der Waals surface area contributed by atoms with Gasteiger partial charge in [-0.05, 0) is 30.6 Å². The zero-order valence-corrected chi connectivity index (χ0v) is 8.28. The van der Waals surface area contributed by atoms with Gasteiger partial charge in [-0.25, -0.2) is 0 Å². The molecule has 0 saturated heterocycles. The standard InChI is InChI=1S/C9H7N3OS/c1-6-2-3-7(4-10-6)9(13)8-5-14-12-11-8/h2-5H,1H3. The van der Waals surface area contributed by atoms with Crippen LogP contribution in [0, 0.1) is 6.92 Å². The van der Waals surface area contributed by atoms with Gasteiger partial charge in [0, 0.05) is 22.8 Å². The fourth-order valence-electron chi connectivity index (χ4n) is 1.01. The second-order valence-corrected chi connectivity index (χ2v) is 3.42. The van der Waals surface area contributed by atoms with Crippen LogP contribution >= 0.6 is 11.5 Å². The number of carbonyl (C=O) groups excluding carboxylic acids is 1. The Kier molecular flexibility index (Phi) is 2.32. The Balaban J connectivity index is 2.33. The summed E-state index contributed by atoms with van der Waals surface area (Å²) in [4.78, 5) is 15.7. The summed E-state index contributed by atoms with van der Waals surface area (Å²) in [6.45, 7) is 1.87. The third kappa shape index (κ3) is 1.67. The second kappa shape index (κ2) is 3.63. The first-order valence-electron chi connectivity index (χ1n) is 4.02. The van der Waals surface area contributed by atoms with Crippen LogP contribution in [0.2, 0.25) is 0 Å².